The second-order valence-electron chi connectivity index (χ2n) is 4.90. The van der Waals surface area contributed by atoms with E-state index in [1.165, 1.54) is 0 Å². The second kappa shape index (κ2) is 5.87. The lowest BCUT2D eigenvalue weighted by atomic mass is 10.1. The zero-order chi connectivity index (χ0) is 13.1. The average molecular weight is 314 g/mol. The van der Waals surface area contributed by atoms with Crippen molar-refractivity contribution >= 4 is 21.8 Å². The van der Waals surface area contributed by atoms with Gasteiger partial charge in [0.15, 0.2) is 0 Å². The summed E-state index contributed by atoms with van der Waals surface area (Å²) in [5, 5.41) is 5.36. The Labute approximate surface area is 116 Å². The maximum atomic E-state index is 12.5. The minimum Gasteiger partial charge on any atom is -0.338 e. The fourth-order valence-electron chi connectivity index (χ4n) is 2.55. The molecule has 1 aromatic heterocycles. The maximum absolute atomic E-state index is 12.5. The number of aryl methyl sites for hydroxylation is 2. The molecule has 0 radical (unpaired) electrons. The minimum absolute atomic E-state index is 0.150. The molecule has 1 aliphatic rings. The number of rotatable bonds is 4. The molecule has 2 heterocycles. The third-order valence-electron chi connectivity index (χ3n) is 3.56. The summed E-state index contributed by atoms with van der Waals surface area (Å²) in [6, 6.07) is 0. The lowest BCUT2D eigenvalue weighted by molar-refractivity contribution is 0.0786. The molecule has 1 saturated heterocycles. The summed E-state index contributed by atoms with van der Waals surface area (Å²) in [6.07, 6.45) is 4.93. The van der Waals surface area contributed by atoms with Crippen LogP contribution < -0.4 is 0 Å². The number of hydrogen-bond donors (Lipinski definition) is 0. The van der Waals surface area contributed by atoms with E-state index in [0.29, 0.717) is 5.92 Å². The third-order valence-corrected chi connectivity index (χ3v) is 4.02. The van der Waals surface area contributed by atoms with E-state index in [0.717, 1.165) is 48.9 Å². The van der Waals surface area contributed by atoms with Crippen LogP contribution in [-0.4, -0.2) is 39.0 Å². The normalized spacial score (nSPS) is 19.5. The highest BCUT2D eigenvalue weighted by Gasteiger charge is 2.28. The SMILES string of the molecule is CCc1nn(C)cc1C(=O)N1CCC(CCBr)C1. The van der Waals surface area contributed by atoms with Crippen LogP contribution in [0, 0.1) is 5.92 Å². The van der Waals surface area contributed by atoms with Gasteiger partial charge in [-0.05, 0) is 25.2 Å². The van der Waals surface area contributed by atoms with E-state index < -0.39 is 0 Å². The van der Waals surface area contributed by atoms with Crippen molar-refractivity contribution in [3.05, 3.63) is 17.5 Å². The van der Waals surface area contributed by atoms with Gasteiger partial charge in [-0.25, -0.2) is 0 Å². The molecule has 1 unspecified atom stereocenters. The van der Waals surface area contributed by atoms with Crippen molar-refractivity contribution in [1.82, 2.24) is 14.7 Å². The molecule has 0 N–H and O–H groups in total. The van der Waals surface area contributed by atoms with Crippen molar-refractivity contribution in [3.63, 3.8) is 0 Å². The van der Waals surface area contributed by atoms with Gasteiger partial charge in [-0.1, -0.05) is 22.9 Å². The van der Waals surface area contributed by atoms with Crippen LogP contribution in [0.4, 0.5) is 0 Å². The van der Waals surface area contributed by atoms with Gasteiger partial charge in [0.1, 0.15) is 0 Å². The third kappa shape index (κ3) is 2.76. The van der Waals surface area contributed by atoms with E-state index in [4.69, 9.17) is 0 Å². The predicted octanol–water partition coefficient (Wildman–Crippen LogP) is 2.23. The Morgan fingerprint density at radius 3 is 3.06 bits per heavy atom. The number of hydrogen-bond acceptors (Lipinski definition) is 2. The Hall–Kier alpha value is -0.840. The monoisotopic (exact) mass is 313 g/mol. The molecule has 5 heteroatoms. The molecule has 2 rings (SSSR count). The first-order valence-electron chi connectivity index (χ1n) is 6.53. The number of carbonyl (C=O) groups excluding carboxylic acids is 1. The summed E-state index contributed by atoms with van der Waals surface area (Å²) in [5.41, 5.74) is 1.69. The topological polar surface area (TPSA) is 38.1 Å². The van der Waals surface area contributed by atoms with Gasteiger partial charge in [-0.3, -0.25) is 9.48 Å². The maximum Gasteiger partial charge on any atom is 0.257 e. The molecule has 1 aromatic rings. The molecule has 18 heavy (non-hydrogen) atoms. The highest BCUT2D eigenvalue weighted by molar-refractivity contribution is 9.09. The fourth-order valence-corrected chi connectivity index (χ4v) is 3.20. The van der Waals surface area contributed by atoms with Crippen LogP contribution in [0.3, 0.4) is 0 Å². The van der Waals surface area contributed by atoms with Crippen LogP contribution in [0.15, 0.2) is 6.20 Å². The van der Waals surface area contributed by atoms with E-state index in [1.807, 2.05) is 25.1 Å². The zero-order valence-corrected chi connectivity index (χ0v) is 12.6. The summed E-state index contributed by atoms with van der Waals surface area (Å²) in [5.74, 6) is 0.798. The molecule has 1 fully saturated rings. The molecular formula is C13H20BrN3O. The average Bonchev–Trinajstić information content (AvgIpc) is 2.95. The van der Waals surface area contributed by atoms with E-state index in [2.05, 4.69) is 21.0 Å². The molecule has 0 spiro atoms. The van der Waals surface area contributed by atoms with E-state index in [1.54, 1.807) is 4.68 Å². The van der Waals surface area contributed by atoms with Gasteiger partial charge in [0.2, 0.25) is 0 Å². The summed E-state index contributed by atoms with van der Waals surface area (Å²) in [7, 11) is 1.87. The van der Waals surface area contributed by atoms with E-state index in [-0.39, 0.29) is 5.91 Å². The Morgan fingerprint density at radius 2 is 2.39 bits per heavy atom. The van der Waals surface area contributed by atoms with Gasteiger partial charge < -0.3 is 4.90 Å². The predicted molar refractivity (Wildman–Crippen MR) is 75.0 cm³/mol. The van der Waals surface area contributed by atoms with Gasteiger partial charge in [0, 0.05) is 31.7 Å². The first kappa shape index (κ1) is 13.6. The zero-order valence-electron chi connectivity index (χ0n) is 11.0. The van der Waals surface area contributed by atoms with Crippen LogP contribution in [0.2, 0.25) is 0 Å². The van der Waals surface area contributed by atoms with Crippen LogP contribution in [0.1, 0.15) is 35.8 Å². The van der Waals surface area contributed by atoms with Crippen molar-refractivity contribution in [2.45, 2.75) is 26.2 Å². The van der Waals surface area contributed by atoms with E-state index >= 15 is 0 Å². The van der Waals surface area contributed by atoms with Gasteiger partial charge in [0.05, 0.1) is 11.3 Å². The molecule has 1 amide bonds. The highest BCUT2D eigenvalue weighted by atomic mass is 79.9. The molecule has 1 aliphatic heterocycles. The summed E-state index contributed by atoms with van der Waals surface area (Å²) in [4.78, 5) is 14.4. The molecule has 1 atom stereocenters. The number of alkyl halides is 1. The van der Waals surface area contributed by atoms with Crippen molar-refractivity contribution in [2.24, 2.45) is 13.0 Å². The minimum atomic E-state index is 0.150. The van der Waals surface area contributed by atoms with Crippen LogP contribution in [0.5, 0.6) is 0 Å². The number of carbonyl (C=O) groups is 1. The van der Waals surface area contributed by atoms with Crippen molar-refractivity contribution < 1.29 is 4.79 Å². The number of halogens is 1. The second-order valence-corrected chi connectivity index (χ2v) is 5.69. The van der Waals surface area contributed by atoms with Gasteiger partial charge in [-0.15, -0.1) is 0 Å². The first-order chi connectivity index (χ1) is 8.65. The van der Waals surface area contributed by atoms with Crippen LogP contribution in [0.25, 0.3) is 0 Å². The highest BCUT2D eigenvalue weighted by Crippen LogP contribution is 2.23. The van der Waals surface area contributed by atoms with Crippen molar-refractivity contribution in [1.29, 1.82) is 0 Å². The number of nitrogens with zero attached hydrogens (tertiary/aromatic N) is 3. The standard InChI is InChI=1S/C13H20BrN3O/c1-3-12-11(9-16(2)15-12)13(18)17-7-5-10(8-17)4-6-14/h9-10H,3-8H2,1-2H3. The fraction of sp³-hybridized carbons (Fsp3) is 0.692. The first-order valence-corrected chi connectivity index (χ1v) is 7.65. The van der Waals surface area contributed by atoms with E-state index in [9.17, 15) is 4.79 Å². The van der Waals surface area contributed by atoms with Gasteiger partial charge >= 0.3 is 0 Å². The lowest BCUT2D eigenvalue weighted by Crippen LogP contribution is -2.29. The molecular weight excluding hydrogens is 294 g/mol. The molecule has 0 saturated carbocycles. The molecule has 100 valence electrons. The smallest absolute Gasteiger partial charge is 0.257 e. The Balaban J connectivity index is 2.07. The summed E-state index contributed by atoms with van der Waals surface area (Å²) in [6.45, 7) is 3.81. The van der Waals surface area contributed by atoms with Crippen molar-refractivity contribution in [2.75, 3.05) is 18.4 Å². The van der Waals surface area contributed by atoms with Gasteiger partial charge in [-0.2, -0.15) is 5.10 Å². The number of likely N-dealkylation sites (tertiary alicyclic amines) is 1. The van der Waals surface area contributed by atoms with Crippen LogP contribution >= 0.6 is 15.9 Å². The lowest BCUT2D eigenvalue weighted by Gasteiger charge is -2.16. The molecule has 0 bridgehead atoms. The molecule has 0 aromatic carbocycles. The van der Waals surface area contributed by atoms with Gasteiger partial charge in [0.25, 0.3) is 5.91 Å². The molecule has 4 nitrogen and oxygen atoms in total. The molecule has 0 aliphatic carbocycles. The Morgan fingerprint density at radius 1 is 1.61 bits per heavy atom. The summed E-state index contributed by atoms with van der Waals surface area (Å²) < 4.78 is 1.73. The number of amides is 1. The van der Waals surface area contributed by atoms with Crippen molar-refractivity contribution in [3.8, 4) is 0 Å². The Kier molecular flexibility index (Phi) is 4.43. The largest absolute Gasteiger partial charge is 0.338 e. The Bertz CT molecular complexity index is 430. The number of aromatic nitrogens is 2. The van der Waals surface area contributed by atoms with Crippen LogP contribution in [-0.2, 0) is 13.5 Å². The summed E-state index contributed by atoms with van der Waals surface area (Å²) >= 11 is 3.47. The quantitative estimate of drug-likeness (QED) is 0.799.